The van der Waals surface area contributed by atoms with Crippen molar-refractivity contribution in [1.82, 2.24) is 10.2 Å². The summed E-state index contributed by atoms with van der Waals surface area (Å²) < 4.78 is 35.1. The van der Waals surface area contributed by atoms with Crippen molar-refractivity contribution in [2.75, 3.05) is 24.0 Å². The number of nitrogens with zero attached hydrogens (tertiary/aromatic N) is 2. The lowest BCUT2D eigenvalue weighted by atomic mass is 10.0. The van der Waals surface area contributed by atoms with E-state index in [4.69, 9.17) is 27.9 Å². The van der Waals surface area contributed by atoms with Crippen molar-refractivity contribution >= 4 is 50.7 Å². The van der Waals surface area contributed by atoms with Gasteiger partial charge < -0.3 is 15.0 Å². The molecule has 0 radical (unpaired) electrons. The number of carbonyl (C=O) groups excluding carboxylic acids is 2. The molecule has 1 atom stereocenters. The number of sulfonamides is 1. The monoisotopic (exact) mass is 709 g/mol. The van der Waals surface area contributed by atoms with Crippen LogP contribution in [-0.2, 0) is 32.6 Å². The van der Waals surface area contributed by atoms with Crippen LogP contribution in [0.5, 0.6) is 5.75 Å². The van der Waals surface area contributed by atoms with E-state index in [1.54, 1.807) is 54.6 Å². The number of anilines is 1. The highest BCUT2D eigenvalue weighted by atomic mass is 35.5. The molecular weight excluding hydrogens is 669 g/mol. The molecule has 0 saturated heterocycles. The third kappa shape index (κ3) is 9.52. The van der Waals surface area contributed by atoms with Crippen molar-refractivity contribution in [3.05, 3.63) is 124 Å². The molecule has 4 rings (SSSR count). The predicted octanol–water partition coefficient (Wildman–Crippen LogP) is 7.31. The van der Waals surface area contributed by atoms with Crippen LogP contribution in [0.1, 0.15) is 37.5 Å². The Bertz CT molecular complexity index is 1760. The van der Waals surface area contributed by atoms with Gasteiger partial charge in [0.2, 0.25) is 11.8 Å². The lowest BCUT2D eigenvalue weighted by Gasteiger charge is -2.34. The Labute approximate surface area is 293 Å². The van der Waals surface area contributed by atoms with Crippen molar-refractivity contribution in [1.29, 1.82) is 0 Å². The van der Waals surface area contributed by atoms with Gasteiger partial charge in [0.15, 0.2) is 0 Å². The summed E-state index contributed by atoms with van der Waals surface area (Å²) >= 11 is 13.2. The first kappa shape index (κ1) is 36.8. The number of hydrogen-bond acceptors (Lipinski definition) is 5. The van der Waals surface area contributed by atoms with Gasteiger partial charge >= 0.3 is 0 Å². The van der Waals surface area contributed by atoms with Gasteiger partial charge in [-0.05, 0) is 73.9 Å². The highest BCUT2D eigenvalue weighted by molar-refractivity contribution is 7.92. The van der Waals surface area contributed by atoms with Gasteiger partial charge in [0.05, 0.1) is 17.2 Å². The first-order valence-electron chi connectivity index (χ1n) is 15.8. The average Bonchev–Trinajstić information content (AvgIpc) is 3.06. The Balaban J connectivity index is 1.83. The molecule has 8 nitrogen and oxygen atoms in total. The smallest absolute Gasteiger partial charge is 0.264 e. The Kier molecular flexibility index (Phi) is 12.9. The molecule has 0 heterocycles. The quantitative estimate of drug-likeness (QED) is 0.140. The van der Waals surface area contributed by atoms with Gasteiger partial charge in [-0.1, -0.05) is 91.1 Å². The van der Waals surface area contributed by atoms with Crippen LogP contribution in [-0.4, -0.2) is 50.9 Å². The molecule has 11 heteroatoms. The Hall–Kier alpha value is -4.05. The van der Waals surface area contributed by atoms with Gasteiger partial charge in [-0.2, -0.15) is 0 Å². The number of halogens is 2. The molecule has 0 aliphatic carbocycles. The summed E-state index contributed by atoms with van der Waals surface area (Å²) in [6.07, 6.45) is 0.173. The molecule has 2 amide bonds. The van der Waals surface area contributed by atoms with Gasteiger partial charge in [0.25, 0.3) is 10.0 Å². The van der Waals surface area contributed by atoms with Crippen LogP contribution in [0.3, 0.4) is 0 Å². The van der Waals surface area contributed by atoms with Gasteiger partial charge in [-0.15, -0.1) is 0 Å². The second-order valence-electron chi connectivity index (χ2n) is 11.8. The van der Waals surface area contributed by atoms with Crippen LogP contribution in [0, 0.1) is 12.8 Å². The molecule has 4 aromatic rings. The molecular formula is C37H41Cl2N3O5S. The topological polar surface area (TPSA) is 96.0 Å². The van der Waals surface area contributed by atoms with Gasteiger partial charge in [0, 0.05) is 35.1 Å². The van der Waals surface area contributed by atoms with Crippen molar-refractivity contribution in [2.45, 2.75) is 51.6 Å². The molecule has 0 saturated carbocycles. The van der Waals surface area contributed by atoms with E-state index in [0.717, 1.165) is 15.4 Å². The normalized spacial score (nSPS) is 12.0. The first-order valence-corrected chi connectivity index (χ1v) is 18.0. The molecule has 0 fully saturated rings. The second-order valence-corrected chi connectivity index (χ2v) is 14.5. The van der Waals surface area contributed by atoms with E-state index in [2.05, 4.69) is 5.32 Å². The van der Waals surface area contributed by atoms with Gasteiger partial charge in [0.1, 0.15) is 18.3 Å². The highest BCUT2D eigenvalue weighted by Crippen LogP contribution is 2.30. The maximum absolute atomic E-state index is 14.7. The minimum atomic E-state index is -4.25. The van der Waals surface area contributed by atoms with E-state index >= 15 is 0 Å². The third-order valence-electron chi connectivity index (χ3n) is 7.67. The summed E-state index contributed by atoms with van der Waals surface area (Å²) in [6, 6.07) is 26.2. The maximum atomic E-state index is 14.7. The maximum Gasteiger partial charge on any atom is 0.264 e. The fraction of sp³-hybridized carbons (Fsp3) is 0.297. The molecule has 254 valence electrons. The van der Waals surface area contributed by atoms with Crippen molar-refractivity contribution < 1.29 is 22.7 Å². The number of carbonyl (C=O) groups is 2. The zero-order valence-corrected chi connectivity index (χ0v) is 29.9. The van der Waals surface area contributed by atoms with Crippen molar-refractivity contribution in [2.24, 2.45) is 5.92 Å². The number of amides is 2. The minimum Gasteiger partial charge on any atom is -0.494 e. The van der Waals surface area contributed by atoms with E-state index in [9.17, 15) is 18.0 Å². The molecule has 4 aromatic carbocycles. The van der Waals surface area contributed by atoms with Crippen molar-refractivity contribution in [3.63, 3.8) is 0 Å². The lowest BCUT2D eigenvalue weighted by Crippen LogP contribution is -2.53. The van der Waals surface area contributed by atoms with Crippen LogP contribution >= 0.6 is 23.2 Å². The van der Waals surface area contributed by atoms with E-state index in [1.165, 1.54) is 17.0 Å². The fourth-order valence-electron chi connectivity index (χ4n) is 5.07. The Morgan fingerprint density at radius 2 is 1.48 bits per heavy atom. The Morgan fingerprint density at radius 1 is 0.854 bits per heavy atom. The average molecular weight is 711 g/mol. The number of benzene rings is 4. The first-order chi connectivity index (χ1) is 22.9. The number of aryl methyl sites for hydroxylation is 1. The van der Waals surface area contributed by atoms with Crippen LogP contribution in [0.15, 0.2) is 102 Å². The molecule has 0 unspecified atom stereocenters. The standard InChI is InChI=1S/C37H41Cl2N3O5S/c1-5-47-30-18-16-29(17-19-30)42(48(45,46)31-20-14-27(4)15-21-31)25-36(43)41(24-32-33(38)12-9-13-34(32)39)35(37(44)40-23-26(2)3)22-28-10-7-6-8-11-28/h6-21,26,35H,5,22-25H2,1-4H3,(H,40,44)/t35-/m0/s1. The van der Waals surface area contributed by atoms with Crippen molar-refractivity contribution in [3.8, 4) is 5.75 Å². The molecule has 0 aromatic heterocycles. The highest BCUT2D eigenvalue weighted by Gasteiger charge is 2.35. The lowest BCUT2D eigenvalue weighted by molar-refractivity contribution is -0.140. The van der Waals surface area contributed by atoms with Crippen LogP contribution < -0.4 is 14.4 Å². The van der Waals surface area contributed by atoms with E-state index in [0.29, 0.717) is 34.5 Å². The van der Waals surface area contributed by atoms with Gasteiger partial charge in [-0.25, -0.2) is 8.42 Å². The SMILES string of the molecule is CCOc1ccc(N(CC(=O)N(Cc2c(Cl)cccc2Cl)[C@@H](Cc2ccccc2)C(=O)NCC(C)C)S(=O)(=O)c2ccc(C)cc2)cc1. The summed E-state index contributed by atoms with van der Waals surface area (Å²) in [5.41, 5.74) is 2.40. The van der Waals surface area contributed by atoms with Crippen LogP contribution in [0.4, 0.5) is 5.69 Å². The molecule has 0 bridgehead atoms. The predicted molar refractivity (Wildman–Crippen MR) is 192 cm³/mol. The van der Waals surface area contributed by atoms with E-state index < -0.39 is 28.5 Å². The number of rotatable bonds is 15. The number of nitrogens with one attached hydrogen (secondary N) is 1. The van der Waals surface area contributed by atoms with Crippen LogP contribution in [0.25, 0.3) is 0 Å². The minimum absolute atomic E-state index is 0.0194. The summed E-state index contributed by atoms with van der Waals surface area (Å²) in [4.78, 5) is 30.0. The van der Waals surface area contributed by atoms with Crippen LogP contribution in [0.2, 0.25) is 10.0 Å². The largest absolute Gasteiger partial charge is 0.494 e. The summed E-state index contributed by atoms with van der Waals surface area (Å²) in [5.74, 6) is -0.280. The summed E-state index contributed by atoms with van der Waals surface area (Å²) in [6.45, 7) is 7.75. The van der Waals surface area contributed by atoms with E-state index in [-0.39, 0.29) is 35.4 Å². The number of hydrogen-bond donors (Lipinski definition) is 1. The number of ether oxygens (including phenoxy) is 1. The molecule has 0 aliphatic heterocycles. The zero-order chi connectivity index (χ0) is 34.8. The summed E-state index contributed by atoms with van der Waals surface area (Å²) in [5, 5.41) is 3.61. The second kappa shape index (κ2) is 16.9. The Morgan fingerprint density at radius 3 is 2.06 bits per heavy atom. The molecule has 0 spiro atoms. The molecule has 48 heavy (non-hydrogen) atoms. The third-order valence-corrected chi connectivity index (χ3v) is 10.2. The van der Waals surface area contributed by atoms with E-state index in [1.807, 2.05) is 58.0 Å². The molecule has 1 N–H and O–H groups in total. The fourth-order valence-corrected chi connectivity index (χ4v) is 7.00. The summed E-state index contributed by atoms with van der Waals surface area (Å²) in [7, 11) is -4.25. The molecule has 0 aliphatic rings. The zero-order valence-electron chi connectivity index (χ0n) is 27.5. The van der Waals surface area contributed by atoms with Gasteiger partial charge in [-0.3, -0.25) is 13.9 Å².